The quantitative estimate of drug-likeness (QED) is 0.736. The summed E-state index contributed by atoms with van der Waals surface area (Å²) in [5, 5.41) is 3.35. The number of nitrogens with one attached hydrogen (secondary N) is 1. The molecule has 1 aromatic heterocycles. The molecular formula is C22H26N4O3S. The zero-order chi connectivity index (χ0) is 21.4. The zero-order valence-corrected chi connectivity index (χ0v) is 18.3. The molecule has 1 N–H and O–H groups in total. The number of thiazole rings is 1. The first kappa shape index (κ1) is 20.7. The van der Waals surface area contributed by atoms with E-state index in [0.717, 1.165) is 18.0 Å². The summed E-state index contributed by atoms with van der Waals surface area (Å²) in [6.45, 7) is 7.77. The molecule has 0 radical (unpaired) electrons. The van der Waals surface area contributed by atoms with Gasteiger partial charge in [-0.05, 0) is 58.4 Å². The minimum absolute atomic E-state index is 0.231. The van der Waals surface area contributed by atoms with Gasteiger partial charge in [-0.1, -0.05) is 6.42 Å². The summed E-state index contributed by atoms with van der Waals surface area (Å²) in [6.07, 6.45) is 5.54. The van der Waals surface area contributed by atoms with E-state index in [4.69, 9.17) is 0 Å². The van der Waals surface area contributed by atoms with Crippen molar-refractivity contribution in [3.63, 3.8) is 0 Å². The highest BCUT2D eigenvalue weighted by molar-refractivity contribution is 7.15. The number of benzene rings is 1. The van der Waals surface area contributed by atoms with Crippen LogP contribution in [0.1, 0.15) is 76.0 Å². The van der Waals surface area contributed by atoms with Crippen molar-refractivity contribution in [1.82, 2.24) is 14.8 Å². The fourth-order valence-corrected chi connectivity index (χ4v) is 4.90. The van der Waals surface area contributed by atoms with E-state index in [1.807, 2.05) is 6.20 Å². The van der Waals surface area contributed by atoms with Gasteiger partial charge >= 0.3 is 0 Å². The van der Waals surface area contributed by atoms with Gasteiger partial charge in [0.15, 0.2) is 5.13 Å². The maximum Gasteiger partial charge on any atom is 0.261 e. The SMILES string of the molecule is CC1CCCCN1Cc1cnc(NC(=O)c2ccc3c(c2)C(=O)N(C(C)C)C3=O)s1. The Kier molecular flexibility index (Phi) is 5.71. The number of piperidine rings is 1. The lowest BCUT2D eigenvalue weighted by atomic mass is 10.0. The molecule has 1 fully saturated rings. The molecule has 0 spiro atoms. The van der Waals surface area contributed by atoms with Gasteiger partial charge in [-0.15, -0.1) is 11.3 Å². The lowest BCUT2D eigenvalue weighted by Crippen LogP contribution is -2.36. The summed E-state index contributed by atoms with van der Waals surface area (Å²) in [5.41, 5.74) is 0.958. The molecule has 3 heterocycles. The van der Waals surface area contributed by atoms with Crippen molar-refractivity contribution in [3.8, 4) is 0 Å². The Morgan fingerprint density at radius 2 is 2.00 bits per heavy atom. The van der Waals surface area contributed by atoms with Gasteiger partial charge in [-0.2, -0.15) is 0 Å². The summed E-state index contributed by atoms with van der Waals surface area (Å²) in [6, 6.07) is 4.96. The number of carbonyl (C=O) groups excluding carboxylic acids is 3. The minimum Gasteiger partial charge on any atom is -0.298 e. The first-order valence-electron chi connectivity index (χ1n) is 10.4. The second kappa shape index (κ2) is 8.28. The summed E-state index contributed by atoms with van der Waals surface area (Å²) in [5.74, 6) is -1.01. The zero-order valence-electron chi connectivity index (χ0n) is 17.5. The number of amides is 3. The van der Waals surface area contributed by atoms with Crippen LogP contribution in [0.4, 0.5) is 5.13 Å². The smallest absolute Gasteiger partial charge is 0.261 e. The van der Waals surface area contributed by atoms with E-state index in [0.29, 0.717) is 22.3 Å². The van der Waals surface area contributed by atoms with Crippen molar-refractivity contribution in [1.29, 1.82) is 0 Å². The summed E-state index contributed by atoms with van der Waals surface area (Å²) < 4.78 is 0. The van der Waals surface area contributed by atoms with Gasteiger partial charge in [0.2, 0.25) is 0 Å². The molecular weight excluding hydrogens is 400 g/mol. The molecule has 2 aromatic rings. The first-order chi connectivity index (χ1) is 14.3. The number of nitrogens with zero attached hydrogens (tertiary/aromatic N) is 3. The molecule has 2 aliphatic heterocycles. The Morgan fingerprint density at radius 1 is 1.23 bits per heavy atom. The molecule has 0 saturated carbocycles. The maximum atomic E-state index is 12.7. The van der Waals surface area contributed by atoms with Crippen LogP contribution in [0.15, 0.2) is 24.4 Å². The summed E-state index contributed by atoms with van der Waals surface area (Å²) in [4.78, 5) is 46.8. The van der Waals surface area contributed by atoms with Gasteiger partial charge in [-0.25, -0.2) is 4.98 Å². The molecule has 30 heavy (non-hydrogen) atoms. The molecule has 7 nitrogen and oxygen atoms in total. The highest BCUT2D eigenvalue weighted by atomic mass is 32.1. The molecule has 0 bridgehead atoms. The van der Waals surface area contributed by atoms with Crippen LogP contribution in [-0.2, 0) is 6.54 Å². The molecule has 8 heteroatoms. The van der Waals surface area contributed by atoms with Crippen molar-refractivity contribution < 1.29 is 14.4 Å². The number of anilines is 1. The van der Waals surface area contributed by atoms with E-state index < -0.39 is 0 Å². The molecule has 2 aliphatic rings. The van der Waals surface area contributed by atoms with Crippen molar-refractivity contribution in [2.75, 3.05) is 11.9 Å². The Labute approximate surface area is 180 Å². The number of hydrogen-bond acceptors (Lipinski definition) is 6. The molecule has 3 amide bonds. The lowest BCUT2D eigenvalue weighted by molar-refractivity contribution is 0.0609. The molecule has 0 aliphatic carbocycles. The van der Waals surface area contributed by atoms with E-state index in [1.165, 1.54) is 41.6 Å². The van der Waals surface area contributed by atoms with E-state index in [-0.39, 0.29) is 29.3 Å². The number of likely N-dealkylation sites (tertiary alicyclic amines) is 1. The highest BCUT2D eigenvalue weighted by Gasteiger charge is 2.37. The van der Waals surface area contributed by atoms with Crippen LogP contribution in [0.2, 0.25) is 0 Å². The fraction of sp³-hybridized carbons (Fsp3) is 0.455. The van der Waals surface area contributed by atoms with Gasteiger partial charge in [0.1, 0.15) is 0 Å². The topological polar surface area (TPSA) is 82.6 Å². The van der Waals surface area contributed by atoms with Crippen LogP contribution in [0, 0.1) is 0 Å². The van der Waals surface area contributed by atoms with Crippen LogP contribution in [-0.4, -0.2) is 51.1 Å². The number of aromatic nitrogens is 1. The Morgan fingerprint density at radius 3 is 2.73 bits per heavy atom. The largest absolute Gasteiger partial charge is 0.298 e. The number of rotatable bonds is 5. The van der Waals surface area contributed by atoms with Crippen LogP contribution in [0.25, 0.3) is 0 Å². The average molecular weight is 427 g/mol. The standard InChI is InChI=1S/C22H26N4O3S/c1-13(2)26-20(28)17-8-7-15(10-18(17)21(26)29)19(27)24-22-23-11-16(30-22)12-25-9-5-4-6-14(25)3/h7-8,10-11,13-14H,4-6,9,12H2,1-3H3,(H,23,24,27). The number of carbonyl (C=O) groups is 3. The van der Waals surface area contributed by atoms with Gasteiger partial charge in [0, 0.05) is 35.3 Å². The molecule has 158 valence electrons. The van der Waals surface area contributed by atoms with Crippen LogP contribution in [0.5, 0.6) is 0 Å². The third kappa shape index (κ3) is 3.89. The molecule has 1 aromatic carbocycles. The van der Waals surface area contributed by atoms with E-state index in [1.54, 1.807) is 26.0 Å². The van der Waals surface area contributed by atoms with Crippen molar-refractivity contribution >= 4 is 34.2 Å². The van der Waals surface area contributed by atoms with Gasteiger partial charge in [0.25, 0.3) is 17.7 Å². The lowest BCUT2D eigenvalue weighted by Gasteiger charge is -2.32. The number of imide groups is 1. The van der Waals surface area contributed by atoms with Crippen LogP contribution < -0.4 is 5.32 Å². The van der Waals surface area contributed by atoms with Gasteiger partial charge in [-0.3, -0.25) is 29.5 Å². The average Bonchev–Trinajstić information content (AvgIpc) is 3.25. The molecule has 1 unspecified atom stereocenters. The normalized spacial score (nSPS) is 19.5. The minimum atomic E-state index is -0.355. The monoisotopic (exact) mass is 426 g/mol. The second-order valence-electron chi connectivity index (χ2n) is 8.24. The van der Waals surface area contributed by atoms with Crippen molar-refractivity contribution in [2.24, 2.45) is 0 Å². The first-order valence-corrected chi connectivity index (χ1v) is 11.2. The molecule has 1 atom stereocenters. The number of hydrogen-bond donors (Lipinski definition) is 1. The van der Waals surface area contributed by atoms with Crippen LogP contribution >= 0.6 is 11.3 Å². The maximum absolute atomic E-state index is 12.7. The summed E-state index contributed by atoms with van der Waals surface area (Å²) >= 11 is 1.47. The second-order valence-corrected chi connectivity index (χ2v) is 9.35. The van der Waals surface area contributed by atoms with E-state index in [2.05, 4.69) is 22.1 Å². The summed E-state index contributed by atoms with van der Waals surface area (Å²) in [7, 11) is 0. The Hall–Kier alpha value is -2.58. The van der Waals surface area contributed by atoms with E-state index >= 15 is 0 Å². The molecule has 1 saturated heterocycles. The fourth-order valence-electron chi connectivity index (χ4n) is 4.07. The highest BCUT2D eigenvalue weighted by Crippen LogP contribution is 2.27. The molecule has 4 rings (SSSR count). The Balaban J connectivity index is 1.45. The van der Waals surface area contributed by atoms with Crippen LogP contribution in [0.3, 0.4) is 0 Å². The number of fused-ring (bicyclic) bond motifs is 1. The van der Waals surface area contributed by atoms with Gasteiger partial charge in [0.05, 0.1) is 11.1 Å². The van der Waals surface area contributed by atoms with E-state index in [9.17, 15) is 14.4 Å². The van der Waals surface area contributed by atoms with Crippen molar-refractivity contribution in [2.45, 2.75) is 58.7 Å². The third-order valence-electron chi connectivity index (χ3n) is 5.77. The third-order valence-corrected chi connectivity index (χ3v) is 6.67. The predicted octanol–water partition coefficient (Wildman–Crippen LogP) is 3.77. The Bertz CT molecular complexity index is 1000. The van der Waals surface area contributed by atoms with Gasteiger partial charge < -0.3 is 0 Å². The predicted molar refractivity (Wildman–Crippen MR) is 116 cm³/mol. The van der Waals surface area contributed by atoms with Crippen molar-refractivity contribution in [3.05, 3.63) is 46.0 Å².